The van der Waals surface area contributed by atoms with E-state index in [2.05, 4.69) is 24.1 Å². The molecule has 1 heterocycles. The molecule has 0 spiro atoms. The normalized spacial score (nSPS) is 14.2. The molecule has 4 nitrogen and oxygen atoms in total. The van der Waals surface area contributed by atoms with Crippen molar-refractivity contribution in [3.05, 3.63) is 11.1 Å². The van der Waals surface area contributed by atoms with E-state index < -0.39 is 0 Å². The van der Waals surface area contributed by atoms with Gasteiger partial charge in [0, 0.05) is 17.3 Å². The number of carbonyl (C=O) groups is 1. The third-order valence-corrected chi connectivity index (χ3v) is 3.76. The van der Waals surface area contributed by atoms with Crippen LogP contribution in [0.15, 0.2) is 5.38 Å². The van der Waals surface area contributed by atoms with Crippen LogP contribution < -0.4 is 11.1 Å². The quantitative estimate of drug-likeness (QED) is 0.798. The fourth-order valence-electron chi connectivity index (χ4n) is 1.73. The number of hydrogen-bond acceptors (Lipinski definition) is 4. The molecule has 0 saturated carbocycles. The zero-order valence-corrected chi connectivity index (χ0v) is 12.2. The molecule has 1 rings (SSSR count). The maximum atomic E-state index is 12.1. The topological polar surface area (TPSA) is 68.0 Å². The summed E-state index contributed by atoms with van der Waals surface area (Å²) in [7, 11) is 0. The summed E-state index contributed by atoms with van der Waals surface area (Å²) in [5.41, 5.74) is 6.57. The first-order chi connectivity index (χ1) is 8.58. The van der Waals surface area contributed by atoms with Crippen LogP contribution >= 0.6 is 11.3 Å². The molecular formula is C13H23N3OS. The SMILES string of the molecule is CCCCC(CC)C(=O)Nc1nc(C(C)N)cs1. The van der Waals surface area contributed by atoms with Gasteiger partial charge in [-0.15, -0.1) is 11.3 Å². The first kappa shape index (κ1) is 15.1. The third-order valence-electron chi connectivity index (χ3n) is 2.99. The molecule has 102 valence electrons. The van der Waals surface area contributed by atoms with E-state index in [9.17, 15) is 4.79 Å². The van der Waals surface area contributed by atoms with E-state index in [0.717, 1.165) is 31.4 Å². The average Bonchev–Trinajstić information content (AvgIpc) is 2.78. The molecule has 0 aliphatic carbocycles. The van der Waals surface area contributed by atoms with Crippen LogP contribution in [0.2, 0.25) is 0 Å². The molecule has 0 fully saturated rings. The molecule has 2 unspecified atom stereocenters. The Balaban J connectivity index is 2.56. The van der Waals surface area contributed by atoms with Gasteiger partial charge in [-0.3, -0.25) is 4.79 Å². The van der Waals surface area contributed by atoms with Crippen molar-refractivity contribution in [3.63, 3.8) is 0 Å². The predicted octanol–water partition coefficient (Wildman–Crippen LogP) is 3.32. The highest BCUT2D eigenvalue weighted by atomic mass is 32.1. The Morgan fingerprint density at radius 3 is 2.78 bits per heavy atom. The minimum Gasteiger partial charge on any atom is -0.323 e. The van der Waals surface area contributed by atoms with E-state index >= 15 is 0 Å². The van der Waals surface area contributed by atoms with Crippen molar-refractivity contribution in [2.24, 2.45) is 11.7 Å². The lowest BCUT2D eigenvalue weighted by molar-refractivity contribution is -0.120. The van der Waals surface area contributed by atoms with Gasteiger partial charge in [-0.2, -0.15) is 0 Å². The van der Waals surface area contributed by atoms with Gasteiger partial charge < -0.3 is 11.1 Å². The summed E-state index contributed by atoms with van der Waals surface area (Å²) < 4.78 is 0. The van der Waals surface area contributed by atoms with Gasteiger partial charge in [0.05, 0.1) is 5.69 Å². The summed E-state index contributed by atoms with van der Waals surface area (Å²) in [5.74, 6) is 0.170. The molecular weight excluding hydrogens is 246 g/mol. The number of anilines is 1. The Labute approximate surface area is 113 Å². The fourth-order valence-corrected chi connectivity index (χ4v) is 2.55. The molecule has 2 atom stereocenters. The standard InChI is InChI=1S/C13H23N3OS/c1-4-6-7-10(5-2)12(17)16-13-15-11(8-18-13)9(3)14/h8-10H,4-7,14H2,1-3H3,(H,15,16,17). The number of aromatic nitrogens is 1. The van der Waals surface area contributed by atoms with Crippen LogP contribution in [0.4, 0.5) is 5.13 Å². The van der Waals surface area contributed by atoms with E-state index in [4.69, 9.17) is 5.73 Å². The number of amides is 1. The van der Waals surface area contributed by atoms with Crippen molar-refractivity contribution >= 4 is 22.4 Å². The lowest BCUT2D eigenvalue weighted by Crippen LogP contribution is -2.22. The number of carbonyl (C=O) groups excluding carboxylic acids is 1. The molecule has 0 radical (unpaired) electrons. The Morgan fingerprint density at radius 1 is 1.56 bits per heavy atom. The second-order valence-corrected chi connectivity index (χ2v) is 5.46. The fraction of sp³-hybridized carbons (Fsp3) is 0.692. The van der Waals surface area contributed by atoms with Crippen LogP contribution in [0.1, 0.15) is 58.2 Å². The van der Waals surface area contributed by atoms with Crippen molar-refractivity contribution in [1.82, 2.24) is 4.98 Å². The van der Waals surface area contributed by atoms with E-state index in [1.807, 2.05) is 12.3 Å². The molecule has 1 aromatic rings. The third kappa shape index (κ3) is 4.38. The molecule has 3 N–H and O–H groups in total. The summed E-state index contributed by atoms with van der Waals surface area (Å²) in [5, 5.41) is 5.44. The Morgan fingerprint density at radius 2 is 2.28 bits per heavy atom. The highest BCUT2D eigenvalue weighted by Crippen LogP contribution is 2.21. The minimum absolute atomic E-state index is 0.0801. The predicted molar refractivity (Wildman–Crippen MR) is 76.7 cm³/mol. The van der Waals surface area contributed by atoms with Gasteiger partial charge in [-0.05, 0) is 19.8 Å². The van der Waals surface area contributed by atoms with Crippen LogP contribution in [0, 0.1) is 5.92 Å². The summed E-state index contributed by atoms with van der Waals surface area (Å²) in [6.45, 7) is 6.08. The minimum atomic E-state index is -0.0889. The molecule has 1 amide bonds. The van der Waals surface area contributed by atoms with Gasteiger partial charge in [0.15, 0.2) is 5.13 Å². The van der Waals surface area contributed by atoms with E-state index in [1.54, 1.807) is 0 Å². The van der Waals surface area contributed by atoms with Gasteiger partial charge >= 0.3 is 0 Å². The molecule has 18 heavy (non-hydrogen) atoms. The first-order valence-corrected chi connectivity index (χ1v) is 7.48. The first-order valence-electron chi connectivity index (χ1n) is 6.60. The summed E-state index contributed by atoms with van der Waals surface area (Å²) >= 11 is 1.43. The summed E-state index contributed by atoms with van der Waals surface area (Å²) in [4.78, 5) is 16.4. The van der Waals surface area contributed by atoms with Crippen molar-refractivity contribution in [3.8, 4) is 0 Å². The molecule has 0 saturated heterocycles. The smallest absolute Gasteiger partial charge is 0.229 e. The maximum absolute atomic E-state index is 12.1. The average molecular weight is 269 g/mol. The van der Waals surface area contributed by atoms with Crippen LogP contribution in [-0.4, -0.2) is 10.9 Å². The van der Waals surface area contributed by atoms with Gasteiger partial charge in [-0.25, -0.2) is 4.98 Å². The number of nitrogens with zero attached hydrogens (tertiary/aromatic N) is 1. The van der Waals surface area contributed by atoms with E-state index in [-0.39, 0.29) is 17.9 Å². The zero-order valence-electron chi connectivity index (χ0n) is 11.4. The van der Waals surface area contributed by atoms with Crippen LogP contribution in [0.25, 0.3) is 0 Å². The van der Waals surface area contributed by atoms with Crippen molar-refractivity contribution in [1.29, 1.82) is 0 Å². The number of hydrogen-bond donors (Lipinski definition) is 2. The van der Waals surface area contributed by atoms with E-state index in [0.29, 0.717) is 5.13 Å². The number of nitrogens with one attached hydrogen (secondary N) is 1. The second-order valence-electron chi connectivity index (χ2n) is 4.60. The zero-order chi connectivity index (χ0) is 13.5. The monoisotopic (exact) mass is 269 g/mol. The second kappa shape index (κ2) is 7.48. The Hall–Kier alpha value is -0.940. The number of thiazole rings is 1. The van der Waals surface area contributed by atoms with Crippen LogP contribution in [-0.2, 0) is 4.79 Å². The Bertz CT molecular complexity index is 376. The number of nitrogens with two attached hydrogens (primary N) is 1. The highest BCUT2D eigenvalue weighted by Gasteiger charge is 2.17. The van der Waals surface area contributed by atoms with Crippen molar-refractivity contribution < 1.29 is 4.79 Å². The van der Waals surface area contributed by atoms with Gasteiger partial charge in [0.2, 0.25) is 5.91 Å². The van der Waals surface area contributed by atoms with Gasteiger partial charge in [-0.1, -0.05) is 26.7 Å². The summed E-state index contributed by atoms with van der Waals surface area (Å²) in [6, 6.07) is -0.0889. The molecule has 0 bridgehead atoms. The van der Waals surface area contributed by atoms with Crippen LogP contribution in [0.5, 0.6) is 0 Å². The molecule has 0 aliphatic heterocycles. The lowest BCUT2D eigenvalue weighted by atomic mass is 9.99. The van der Waals surface area contributed by atoms with Crippen LogP contribution in [0.3, 0.4) is 0 Å². The largest absolute Gasteiger partial charge is 0.323 e. The highest BCUT2D eigenvalue weighted by molar-refractivity contribution is 7.13. The molecule has 0 aliphatic rings. The lowest BCUT2D eigenvalue weighted by Gasteiger charge is -2.12. The Kier molecular flexibility index (Phi) is 6.29. The number of unbranched alkanes of at least 4 members (excludes halogenated alkanes) is 1. The maximum Gasteiger partial charge on any atom is 0.229 e. The van der Waals surface area contributed by atoms with Crippen molar-refractivity contribution in [2.45, 2.75) is 52.5 Å². The van der Waals surface area contributed by atoms with Gasteiger partial charge in [0.1, 0.15) is 0 Å². The molecule has 0 aromatic carbocycles. The molecule has 5 heteroatoms. The summed E-state index contributed by atoms with van der Waals surface area (Å²) in [6.07, 6.45) is 4.03. The van der Waals surface area contributed by atoms with E-state index in [1.165, 1.54) is 11.3 Å². The van der Waals surface area contributed by atoms with Gasteiger partial charge in [0.25, 0.3) is 0 Å². The molecule has 1 aromatic heterocycles. The van der Waals surface area contributed by atoms with Crippen molar-refractivity contribution in [2.75, 3.05) is 5.32 Å². The number of rotatable bonds is 7.